The summed E-state index contributed by atoms with van der Waals surface area (Å²) < 4.78 is 0. The number of phenols is 1. The van der Waals surface area contributed by atoms with Gasteiger partial charge in [-0.05, 0) is 29.7 Å². The minimum Gasteiger partial charge on any atom is -0.508 e. The molecule has 3 N–H and O–H groups in total. The summed E-state index contributed by atoms with van der Waals surface area (Å²) in [5.41, 5.74) is 1.67. The number of nitrogens with one attached hydrogen (secondary N) is 2. The quantitative estimate of drug-likeness (QED) is 0.578. The highest BCUT2D eigenvalue weighted by molar-refractivity contribution is 8.00. The van der Waals surface area contributed by atoms with E-state index in [1.807, 2.05) is 30.3 Å². The predicted octanol–water partition coefficient (Wildman–Crippen LogP) is 2.22. The van der Waals surface area contributed by atoms with Gasteiger partial charge in [0.1, 0.15) is 11.8 Å². The van der Waals surface area contributed by atoms with Crippen LogP contribution in [0.3, 0.4) is 0 Å². The van der Waals surface area contributed by atoms with Crippen LogP contribution in [0.1, 0.15) is 17.2 Å². The fraction of sp³-hybridized carbons (Fsp3) is 0.375. The van der Waals surface area contributed by atoms with Crippen LogP contribution in [0, 0.1) is 0 Å². The third-order valence-electron chi connectivity index (χ3n) is 5.13. The van der Waals surface area contributed by atoms with Crippen molar-refractivity contribution in [1.29, 1.82) is 0 Å². The molecule has 3 rings (SSSR count). The average molecular weight is 488 g/mol. The first-order chi connectivity index (χ1) is 16.0. The van der Waals surface area contributed by atoms with Gasteiger partial charge in [-0.2, -0.15) is 11.8 Å². The van der Waals surface area contributed by atoms with Gasteiger partial charge in [0, 0.05) is 31.1 Å². The Balaban J connectivity index is 1.78. The summed E-state index contributed by atoms with van der Waals surface area (Å²) in [5, 5.41) is 15.8. The summed E-state index contributed by atoms with van der Waals surface area (Å²) in [6.45, 7) is 1.41. The zero-order valence-electron chi connectivity index (χ0n) is 18.4. The molecule has 33 heavy (non-hydrogen) atoms. The smallest absolute Gasteiger partial charge is 0.247 e. The van der Waals surface area contributed by atoms with Gasteiger partial charge < -0.3 is 20.6 Å². The molecule has 1 aliphatic heterocycles. The molecular formula is C24H29N3O4S2. The number of phenolic OH excluding ortho intramolecular Hbond substituents is 1. The van der Waals surface area contributed by atoms with Crippen LogP contribution < -0.4 is 10.6 Å². The lowest BCUT2D eigenvalue weighted by atomic mass is 10.0. The van der Waals surface area contributed by atoms with Crippen LogP contribution in [-0.2, 0) is 20.8 Å². The number of thioether (sulfide) groups is 2. The molecule has 0 aliphatic carbocycles. The largest absolute Gasteiger partial charge is 0.508 e. The molecular weight excluding hydrogens is 458 g/mol. The van der Waals surface area contributed by atoms with E-state index in [-0.39, 0.29) is 35.0 Å². The highest BCUT2D eigenvalue weighted by Gasteiger charge is 2.31. The number of nitrogens with zero attached hydrogens (tertiary/aromatic N) is 1. The Morgan fingerprint density at radius 3 is 2.67 bits per heavy atom. The van der Waals surface area contributed by atoms with Crippen molar-refractivity contribution >= 4 is 41.2 Å². The van der Waals surface area contributed by atoms with Gasteiger partial charge in [-0.15, -0.1) is 11.8 Å². The number of carbonyl (C=O) groups is 3. The predicted molar refractivity (Wildman–Crippen MR) is 133 cm³/mol. The van der Waals surface area contributed by atoms with E-state index in [0.29, 0.717) is 37.4 Å². The van der Waals surface area contributed by atoms with Crippen LogP contribution in [-0.4, -0.2) is 70.4 Å². The molecule has 0 spiro atoms. The van der Waals surface area contributed by atoms with Crippen LogP contribution in [0.4, 0.5) is 0 Å². The second-order valence-corrected chi connectivity index (χ2v) is 9.78. The molecule has 2 aromatic carbocycles. The van der Waals surface area contributed by atoms with Gasteiger partial charge in [0.05, 0.1) is 11.5 Å². The number of hydrogen-bond donors (Lipinski definition) is 3. The molecule has 0 radical (unpaired) electrons. The van der Waals surface area contributed by atoms with E-state index in [9.17, 15) is 19.5 Å². The van der Waals surface area contributed by atoms with Gasteiger partial charge in [0.2, 0.25) is 17.7 Å². The second kappa shape index (κ2) is 13.2. The average Bonchev–Trinajstić information content (AvgIpc) is 2.80. The third kappa shape index (κ3) is 8.01. The first-order valence-electron chi connectivity index (χ1n) is 10.9. The van der Waals surface area contributed by atoms with E-state index < -0.39 is 6.04 Å². The van der Waals surface area contributed by atoms with E-state index in [2.05, 4.69) is 10.6 Å². The Hall–Kier alpha value is -2.65. The zero-order chi connectivity index (χ0) is 23.5. The summed E-state index contributed by atoms with van der Waals surface area (Å²) in [5.74, 6) is 1.12. The lowest BCUT2D eigenvalue weighted by Gasteiger charge is -2.31. The Kier molecular flexibility index (Phi) is 9.96. The van der Waals surface area contributed by atoms with Crippen molar-refractivity contribution in [2.24, 2.45) is 0 Å². The maximum absolute atomic E-state index is 13.4. The van der Waals surface area contributed by atoms with E-state index in [1.165, 1.54) is 23.9 Å². The van der Waals surface area contributed by atoms with Gasteiger partial charge in [-0.1, -0.05) is 42.5 Å². The molecule has 176 valence electrons. The van der Waals surface area contributed by atoms with Crippen molar-refractivity contribution in [3.8, 4) is 5.75 Å². The third-order valence-corrected chi connectivity index (χ3v) is 7.01. The molecule has 1 aliphatic rings. The first-order valence-corrected chi connectivity index (χ1v) is 13.2. The normalized spacial score (nSPS) is 16.8. The van der Waals surface area contributed by atoms with Crippen LogP contribution >= 0.6 is 23.5 Å². The number of rotatable bonds is 6. The minimum absolute atomic E-state index is 0.0387. The molecule has 9 heteroatoms. The fourth-order valence-electron chi connectivity index (χ4n) is 3.53. The van der Waals surface area contributed by atoms with Gasteiger partial charge in [0.15, 0.2) is 0 Å². The van der Waals surface area contributed by atoms with Gasteiger partial charge in [0.25, 0.3) is 0 Å². The summed E-state index contributed by atoms with van der Waals surface area (Å²) in [6, 6.07) is 15.5. The molecule has 2 aromatic rings. The van der Waals surface area contributed by atoms with Gasteiger partial charge >= 0.3 is 0 Å². The van der Waals surface area contributed by atoms with Crippen molar-refractivity contribution < 1.29 is 19.5 Å². The topological polar surface area (TPSA) is 98.7 Å². The Morgan fingerprint density at radius 2 is 1.88 bits per heavy atom. The number of amides is 3. The number of benzene rings is 2. The summed E-state index contributed by atoms with van der Waals surface area (Å²) in [4.78, 5) is 40.0. The van der Waals surface area contributed by atoms with Crippen LogP contribution in [0.2, 0.25) is 0 Å². The van der Waals surface area contributed by atoms with E-state index in [1.54, 1.807) is 28.8 Å². The number of carbonyl (C=O) groups excluding carboxylic acids is 3. The highest BCUT2D eigenvalue weighted by Crippen LogP contribution is 2.26. The van der Waals surface area contributed by atoms with Crippen LogP contribution in [0.5, 0.6) is 5.75 Å². The van der Waals surface area contributed by atoms with E-state index in [0.717, 1.165) is 11.3 Å². The van der Waals surface area contributed by atoms with Gasteiger partial charge in [-0.3, -0.25) is 14.4 Å². The summed E-state index contributed by atoms with van der Waals surface area (Å²) in [7, 11) is 0. The fourth-order valence-corrected chi connectivity index (χ4v) is 5.04. The molecule has 0 saturated carbocycles. The lowest BCUT2D eigenvalue weighted by Crippen LogP contribution is -2.46. The van der Waals surface area contributed by atoms with E-state index >= 15 is 0 Å². The van der Waals surface area contributed by atoms with E-state index in [4.69, 9.17) is 0 Å². The van der Waals surface area contributed by atoms with Crippen LogP contribution in [0.15, 0.2) is 54.6 Å². The van der Waals surface area contributed by atoms with Crippen molar-refractivity contribution in [3.63, 3.8) is 0 Å². The lowest BCUT2D eigenvalue weighted by molar-refractivity contribution is -0.138. The van der Waals surface area contributed by atoms with Crippen molar-refractivity contribution in [1.82, 2.24) is 15.5 Å². The molecule has 0 bridgehead atoms. The second-order valence-electron chi connectivity index (χ2n) is 7.57. The first kappa shape index (κ1) is 25.0. The molecule has 3 amide bonds. The molecule has 7 nitrogen and oxygen atoms in total. The summed E-state index contributed by atoms with van der Waals surface area (Å²) >= 11 is 2.86. The van der Waals surface area contributed by atoms with Gasteiger partial charge in [-0.25, -0.2) is 0 Å². The molecule has 1 heterocycles. The Labute approximate surface area is 202 Å². The molecule has 1 atom stereocenters. The Morgan fingerprint density at radius 1 is 1.06 bits per heavy atom. The van der Waals surface area contributed by atoms with Crippen molar-refractivity contribution in [2.45, 2.75) is 12.5 Å². The Bertz CT molecular complexity index is 942. The SMILES string of the molecule is O=C1CSCC(=O)N(C(C(=O)NCCc2ccccc2)c2cccc(O)c2)CCSCCN1. The molecule has 0 aromatic heterocycles. The monoisotopic (exact) mass is 487 g/mol. The number of hydrogen-bond acceptors (Lipinski definition) is 6. The summed E-state index contributed by atoms with van der Waals surface area (Å²) in [6.07, 6.45) is 0.675. The zero-order valence-corrected chi connectivity index (χ0v) is 20.0. The maximum atomic E-state index is 13.4. The molecule has 1 unspecified atom stereocenters. The van der Waals surface area contributed by atoms with Crippen molar-refractivity contribution in [2.75, 3.05) is 42.6 Å². The standard InChI is InChI=1S/C24H29N3O4S2/c28-20-8-4-7-19(15-20)23(24(31)26-10-9-18-5-2-1-3-6-18)27-12-14-32-13-11-25-21(29)16-33-17-22(27)30/h1-8,15,23,28H,9-14,16-17H2,(H,25,29)(H,26,31). The molecule has 1 saturated heterocycles. The van der Waals surface area contributed by atoms with Crippen molar-refractivity contribution in [3.05, 3.63) is 65.7 Å². The molecule has 1 fully saturated rings. The highest BCUT2D eigenvalue weighted by atomic mass is 32.2. The van der Waals surface area contributed by atoms with Crippen LogP contribution in [0.25, 0.3) is 0 Å². The maximum Gasteiger partial charge on any atom is 0.247 e. The number of aromatic hydroxyl groups is 1. The minimum atomic E-state index is -0.863.